The van der Waals surface area contributed by atoms with Crippen molar-refractivity contribution >= 4 is 38.9 Å². The molecule has 0 saturated heterocycles. The second-order valence-corrected chi connectivity index (χ2v) is 7.24. The Morgan fingerprint density at radius 2 is 2.00 bits per heavy atom. The molecular weight excluding hydrogens is 398 g/mol. The SMILES string of the molecule is O=C(Nc1cccc(Br)c1)C(Cc1ccccc1)NCc1cscn1. The van der Waals surface area contributed by atoms with Crippen LogP contribution in [0.1, 0.15) is 11.3 Å². The van der Waals surface area contributed by atoms with Crippen LogP contribution in [-0.4, -0.2) is 16.9 Å². The van der Waals surface area contributed by atoms with E-state index in [1.54, 1.807) is 16.8 Å². The quantitative estimate of drug-likeness (QED) is 0.606. The first-order chi connectivity index (χ1) is 12.2. The Morgan fingerprint density at radius 3 is 2.72 bits per heavy atom. The van der Waals surface area contributed by atoms with Crippen LogP contribution in [0.5, 0.6) is 0 Å². The number of carbonyl (C=O) groups excluding carboxylic acids is 1. The van der Waals surface area contributed by atoms with Crippen molar-refractivity contribution in [3.05, 3.63) is 81.2 Å². The van der Waals surface area contributed by atoms with Gasteiger partial charge in [0.1, 0.15) is 0 Å². The Kier molecular flexibility index (Phi) is 6.33. The summed E-state index contributed by atoms with van der Waals surface area (Å²) in [6, 6.07) is 17.3. The van der Waals surface area contributed by atoms with E-state index in [0.717, 1.165) is 21.4 Å². The average molecular weight is 416 g/mol. The molecule has 1 aromatic heterocycles. The lowest BCUT2D eigenvalue weighted by atomic mass is 10.0. The van der Waals surface area contributed by atoms with Crippen molar-refractivity contribution < 1.29 is 4.79 Å². The molecule has 1 heterocycles. The Labute approximate surface area is 159 Å². The topological polar surface area (TPSA) is 54.0 Å². The number of aromatic nitrogens is 1. The first kappa shape index (κ1) is 17.8. The van der Waals surface area contributed by atoms with Gasteiger partial charge in [-0.05, 0) is 30.2 Å². The number of nitrogens with one attached hydrogen (secondary N) is 2. The molecule has 0 bridgehead atoms. The Morgan fingerprint density at radius 1 is 1.16 bits per heavy atom. The van der Waals surface area contributed by atoms with Gasteiger partial charge in [0.2, 0.25) is 5.91 Å². The molecule has 0 saturated carbocycles. The minimum atomic E-state index is -0.344. The number of anilines is 1. The number of nitrogens with zero attached hydrogens (tertiary/aromatic N) is 1. The fourth-order valence-electron chi connectivity index (χ4n) is 2.46. The smallest absolute Gasteiger partial charge is 0.241 e. The van der Waals surface area contributed by atoms with E-state index in [9.17, 15) is 4.79 Å². The van der Waals surface area contributed by atoms with E-state index in [4.69, 9.17) is 0 Å². The van der Waals surface area contributed by atoms with Crippen LogP contribution < -0.4 is 10.6 Å². The molecule has 1 atom stereocenters. The molecule has 2 N–H and O–H groups in total. The molecular formula is C19H18BrN3OS. The molecule has 6 heteroatoms. The van der Waals surface area contributed by atoms with Gasteiger partial charge in [-0.1, -0.05) is 52.3 Å². The summed E-state index contributed by atoms with van der Waals surface area (Å²) in [5, 5.41) is 8.29. The molecule has 25 heavy (non-hydrogen) atoms. The monoisotopic (exact) mass is 415 g/mol. The van der Waals surface area contributed by atoms with E-state index < -0.39 is 0 Å². The molecule has 4 nitrogen and oxygen atoms in total. The highest BCUT2D eigenvalue weighted by atomic mass is 79.9. The van der Waals surface area contributed by atoms with Gasteiger partial charge >= 0.3 is 0 Å². The van der Waals surface area contributed by atoms with Crippen molar-refractivity contribution in [2.45, 2.75) is 19.0 Å². The lowest BCUT2D eigenvalue weighted by molar-refractivity contribution is -0.118. The normalized spacial score (nSPS) is 11.9. The zero-order valence-corrected chi connectivity index (χ0v) is 15.9. The Balaban J connectivity index is 1.70. The summed E-state index contributed by atoms with van der Waals surface area (Å²) in [6.45, 7) is 0.562. The third kappa shape index (κ3) is 5.49. The van der Waals surface area contributed by atoms with Crippen LogP contribution in [0.25, 0.3) is 0 Å². The summed E-state index contributed by atoms with van der Waals surface area (Å²) in [7, 11) is 0. The molecule has 1 unspecified atom stereocenters. The lowest BCUT2D eigenvalue weighted by Crippen LogP contribution is -2.41. The van der Waals surface area contributed by atoms with Gasteiger partial charge in [-0.25, -0.2) is 4.98 Å². The predicted molar refractivity (Wildman–Crippen MR) is 106 cm³/mol. The molecule has 1 amide bonds. The van der Waals surface area contributed by atoms with Crippen LogP contribution in [0.3, 0.4) is 0 Å². The van der Waals surface area contributed by atoms with E-state index in [0.29, 0.717) is 13.0 Å². The molecule has 0 fully saturated rings. The van der Waals surface area contributed by atoms with E-state index in [2.05, 4.69) is 31.5 Å². The number of rotatable bonds is 7. The zero-order valence-electron chi connectivity index (χ0n) is 13.5. The first-order valence-electron chi connectivity index (χ1n) is 7.91. The standard InChI is InChI=1S/C19H18BrN3OS/c20-15-7-4-8-16(10-15)23-19(24)18(9-14-5-2-1-3-6-14)21-11-17-12-25-13-22-17/h1-8,10,12-13,18,21H,9,11H2,(H,23,24). The number of carbonyl (C=O) groups is 1. The van der Waals surface area contributed by atoms with Gasteiger partial charge in [0.05, 0.1) is 17.2 Å². The fourth-order valence-corrected chi connectivity index (χ4v) is 3.41. The second kappa shape index (κ2) is 8.89. The number of thiazole rings is 1. The van der Waals surface area contributed by atoms with Crippen LogP contribution >= 0.6 is 27.3 Å². The lowest BCUT2D eigenvalue weighted by Gasteiger charge is -2.18. The van der Waals surface area contributed by atoms with Gasteiger partial charge in [-0.15, -0.1) is 11.3 Å². The Bertz CT molecular complexity index is 809. The number of hydrogen-bond donors (Lipinski definition) is 2. The van der Waals surface area contributed by atoms with Gasteiger partial charge < -0.3 is 5.32 Å². The number of benzene rings is 2. The molecule has 0 radical (unpaired) electrons. The first-order valence-corrected chi connectivity index (χ1v) is 9.65. The summed E-state index contributed by atoms with van der Waals surface area (Å²) in [4.78, 5) is 17.0. The molecule has 3 rings (SSSR count). The van der Waals surface area contributed by atoms with Crippen molar-refractivity contribution in [2.75, 3.05) is 5.32 Å². The number of halogens is 1. The van der Waals surface area contributed by atoms with Crippen LogP contribution in [-0.2, 0) is 17.8 Å². The summed E-state index contributed by atoms with van der Waals surface area (Å²) >= 11 is 4.98. The average Bonchev–Trinajstić information content (AvgIpc) is 3.13. The highest BCUT2D eigenvalue weighted by Gasteiger charge is 2.19. The van der Waals surface area contributed by atoms with E-state index >= 15 is 0 Å². The summed E-state index contributed by atoms with van der Waals surface area (Å²) < 4.78 is 0.931. The summed E-state index contributed by atoms with van der Waals surface area (Å²) in [6.07, 6.45) is 0.616. The molecule has 2 aromatic carbocycles. The fraction of sp³-hybridized carbons (Fsp3) is 0.158. The van der Waals surface area contributed by atoms with Crippen molar-refractivity contribution in [1.82, 2.24) is 10.3 Å². The molecule has 128 valence electrons. The van der Waals surface area contributed by atoms with Gasteiger partial charge in [0.25, 0.3) is 0 Å². The molecule has 0 aliphatic carbocycles. The van der Waals surface area contributed by atoms with Gasteiger partial charge in [-0.2, -0.15) is 0 Å². The van der Waals surface area contributed by atoms with Crippen molar-refractivity contribution in [2.24, 2.45) is 0 Å². The molecule has 3 aromatic rings. The van der Waals surface area contributed by atoms with Gasteiger partial charge in [0.15, 0.2) is 0 Å². The van der Waals surface area contributed by atoms with Crippen LogP contribution in [0, 0.1) is 0 Å². The predicted octanol–water partition coefficient (Wildman–Crippen LogP) is 4.25. The maximum Gasteiger partial charge on any atom is 0.241 e. The van der Waals surface area contributed by atoms with Crippen LogP contribution in [0.15, 0.2) is 70.0 Å². The van der Waals surface area contributed by atoms with E-state index in [-0.39, 0.29) is 11.9 Å². The largest absolute Gasteiger partial charge is 0.325 e. The minimum Gasteiger partial charge on any atom is -0.325 e. The summed E-state index contributed by atoms with van der Waals surface area (Å²) in [5.74, 6) is -0.0582. The van der Waals surface area contributed by atoms with E-state index in [1.165, 1.54) is 0 Å². The van der Waals surface area contributed by atoms with Gasteiger partial charge in [0, 0.05) is 22.1 Å². The van der Waals surface area contributed by atoms with Crippen molar-refractivity contribution in [1.29, 1.82) is 0 Å². The number of amides is 1. The zero-order chi connectivity index (χ0) is 17.5. The summed E-state index contributed by atoms with van der Waals surface area (Å²) in [5.41, 5.74) is 4.62. The van der Waals surface area contributed by atoms with Crippen LogP contribution in [0.4, 0.5) is 5.69 Å². The molecule has 0 spiro atoms. The van der Waals surface area contributed by atoms with Crippen molar-refractivity contribution in [3.63, 3.8) is 0 Å². The van der Waals surface area contributed by atoms with Crippen LogP contribution in [0.2, 0.25) is 0 Å². The highest BCUT2D eigenvalue weighted by molar-refractivity contribution is 9.10. The number of hydrogen-bond acceptors (Lipinski definition) is 4. The van der Waals surface area contributed by atoms with Gasteiger partial charge in [-0.3, -0.25) is 10.1 Å². The maximum atomic E-state index is 12.8. The third-order valence-electron chi connectivity index (χ3n) is 3.70. The Hall–Kier alpha value is -2.02. The highest BCUT2D eigenvalue weighted by Crippen LogP contribution is 2.16. The second-order valence-electron chi connectivity index (χ2n) is 5.60. The third-order valence-corrected chi connectivity index (χ3v) is 4.83. The maximum absolute atomic E-state index is 12.8. The van der Waals surface area contributed by atoms with E-state index in [1.807, 2.05) is 60.0 Å². The molecule has 0 aliphatic rings. The van der Waals surface area contributed by atoms with Crippen molar-refractivity contribution in [3.8, 4) is 0 Å². The minimum absolute atomic E-state index is 0.0582. The molecule has 0 aliphatic heterocycles.